The minimum atomic E-state index is 0.762. The number of aromatic nitrogens is 1. The Morgan fingerprint density at radius 3 is 2.53 bits per heavy atom. The largest absolute Gasteiger partial charge is 0.491 e. The fourth-order valence-corrected chi connectivity index (χ4v) is 1.50. The maximum Gasteiger partial charge on any atom is 0.143 e. The van der Waals surface area contributed by atoms with Crippen LogP contribution in [-0.4, -0.2) is 11.2 Å². The quantitative estimate of drug-likeness (QED) is 0.740. The molecule has 2 heteroatoms. The molecular formula is C13H15NO. The van der Waals surface area contributed by atoms with Gasteiger partial charge in [-0.3, -0.25) is 0 Å². The van der Waals surface area contributed by atoms with Crippen LogP contribution in [0.1, 0.15) is 13.3 Å². The fourth-order valence-electron chi connectivity index (χ4n) is 1.50. The van der Waals surface area contributed by atoms with Crippen LogP contribution in [0, 0.1) is 0 Å². The maximum absolute atomic E-state index is 5.69. The summed E-state index contributed by atoms with van der Waals surface area (Å²) in [5.74, 6) is 0.940. The van der Waals surface area contributed by atoms with E-state index in [4.69, 9.17) is 4.74 Å². The summed E-state index contributed by atoms with van der Waals surface area (Å²) in [5.41, 5.74) is 1.09. The highest BCUT2D eigenvalue weighted by Gasteiger charge is 2.02. The van der Waals surface area contributed by atoms with E-state index in [1.807, 2.05) is 42.7 Å². The van der Waals surface area contributed by atoms with Gasteiger partial charge in [-0.15, -0.1) is 0 Å². The normalized spacial score (nSPS) is 10.2. The zero-order valence-corrected chi connectivity index (χ0v) is 8.89. The van der Waals surface area contributed by atoms with E-state index in [9.17, 15) is 0 Å². The van der Waals surface area contributed by atoms with Crippen molar-refractivity contribution in [2.24, 2.45) is 0 Å². The second-order valence-electron chi connectivity index (χ2n) is 3.41. The van der Waals surface area contributed by atoms with Gasteiger partial charge in [0.15, 0.2) is 0 Å². The number of hydrogen-bond donors (Lipinski definition) is 0. The molecule has 0 N–H and O–H groups in total. The molecule has 0 bridgehead atoms. The van der Waals surface area contributed by atoms with Gasteiger partial charge in [0.05, 0.1) is 12.3 Å². The number of nitrogens with zero attached hydrogens (tertiary/aromatic N) is 1. The smallest absolute Gasteiger partial charge is 0.143 e. The Bertz CT molecular complexity index is 406. The van der Waals surface area contributed by atoms with Crippen molar-refractivity contribution >= 4 is 0 Å². The van der Waals surface area contributed by atoms with Crippen molar-refractivity contribution in [2.45, 2.75) is 13.3 Å². The second-order valence-corrected chi connectivity index (χ2v) is 3.41. The molecule has 2 nitrogen and oxygen atoms in total. The predicted octanol–water partition coefficient (Wildman–Crippen LogP) is 3.27. The van der Waals surface area contributed by atoms with Crippen LogP contribution < -0.4 is 4.74 Å². The number of para-hydroxylation sites is 2. The lowest BCUT2D eigenvalue weighted by Gasteiger charge is -2.11. The molecule has 0 aliphatic carbocycles. The van der Waals surface area contributed by atoms with E-state index >= 15 is 0 Å². The standard InChI is InChI=1S/C13H15NO/c1-2-11-15-13-8-4-3-7-12(13)14-9-5-6-10-14/h3-10H,2,11H2,1H3. The van der Waals surface area contributed by atoms with Crippen LogP contribution in [0.2, 0.25) is 0 Å². The summed E-state index contributed by atoms with van der Waals surface area (Å²) in [6.45, 7) is 2.87. The monoisotopic (exact) mass is 201 g/mol. The Morgan fingerprint density at radius 2 is 1.80 bits per heavy atom. The molecule has 1 aromatic heterocycles. The molecule has 15 heavy (non-hydrogen) atoms. The van der Waals surface area contributed by atoms with E-state index in [-0.39, 0.29) is 0 Å². The SMILES string of the molecule is CCCOc1ccccc1-n1cccc1. The van der Waals surface area contributed by atoms with Gasteiger partial charge in [-0.25, -0.2) is 0 Å². The molecule has 0 aliphatic rings. The Morgan fingerprint density at radius 1 is 1.07 bits per heavy atom. The van der Waals surface area contributed by atoms with E-state index < -0.39 is 0 Å². The van der Waals surface area contributed by atoms with Crippen molar-refractivity contribution in [3.63, 3.8) is 0 Å². The molecule has 0 saturated carbocycles. The summed E-state index contributed by atoms with van der Waals surface area (Å²) >= 11 is 0. The summed E-state index contributed by atoms with van der Waals surface area (Å²) in [4.78, 5) is 0. The highest BCUT2D eigenvalue weighted by molar-refractivity contribution is 5.46. The average Bonchev–Trinajstić information content (AvgIpc) is 2.80. The van der Waals surface area contributed by atoms with Crippen molar-refractivity contribution in [1.29, 1.82) is 0 Å². The van der Waals surface area contributed by atoms with Gasteiger partial charge in [0, 0.05) is 12.4 Å². The van der Waals surface area contributed by atoms with Gasteiger partial charge in [0.2, 0.25) is 0 Å². The van der Waals surface area contributed by atoms with E-state index in [0.29, 0.717) is 0 Å². The third kappa shape index (κ3) is 2.21. The molecular weight excluding hydrogens is 186 g/mol. The molecule has 78 valence electrons. The summed E-state index contributed by atoms with van der Waals surface area (Å²) < 4.78 is 7.75. The molecule has 0 fully saturated rings. The van der Waals surface area contributed by atoms with Crippen LogP contribution in [0.25, 0.3) is 5.69 Å². The topological polar surface area (TPSA) is 14.2 Å². The second kappa shape index (κ2) is 4.69. The summed E-state index contributed by atoms with van der Waals surface area (Å²) in [6, 6.07) is 12.1. The van der Waals surface area contributed by atoms with Gasteiger partial charge in [-0.05, 0) is 30.7 Å². The van der Waals surface area contributed by atoms with Crippen molar-refractivity contribution in [2.75, 3.05) is 6.61 Å². The lowest BCUT2D eigenvalue weighted by atomic mass is 10.3. The first-order chi connectivity index (χ1) is 7.42. The summed E-state index contributed by atoms with van der Waals surface area (Å²) in [5, 5.41) is 0. The van der Waals surface area contributed by atoms with Crippen LogP contribution in [0.15, 0.2) is 48.8 Å². The van der Waals surface area contributed by atoms with Gasteiger partial charge >= 0.3 is 0 Å². The van der Waals surface area contributed by atoms with E-state index in [2.05, 4.69) is 17.6 Å². The van der Waals surface area contributed by atoms with E-state index in [1.165, 1.54) is 0 Å². The van der Waals surface area contributed by atoms with E-state index in [1.54, 1.807) is 0 Å². The predicted molar refractivity (Wildman–Crippen MR) is 61.6 cm³/mol. The summed E-state index contributed by atoms with van der Waals surface area (Å²) in [6.07, 6.45) is 5.07. The molecule has 1 heterocycles. The van der Waals surface area contributed by atoms with Crippen molar-refractivity contribution in [3.8, 4) is 11.4 Å². The first-order valence-electron chi connectivity index (χ1n) is 5.27. The third-order valence-corrected chi connectivity index (χ3v) is 2.21. The lowest BCUT2D eigenvalue weighted by Crippen LogP contribution is -2.00. The maximum atomic E-state index is 5.69. The number of rotatable bonds is 4. The Balaban J connectivity index is 2.30. The minimum Gasteiger partial charge on any atom is -0.491 e. The molecule has 0 spiro atoms. The lowest BCUT2D eigenvalue weighted by molar-refractivity contribution is 0.316. The molecule has 0 unspecified atom stereocenters. The van der Waals surface area contributed by atoms with Gasteiger partial charge in [-0.1, -0.05) is 19.1 Å². The Labute approximate surface area is 90.1 Å². The molecule has 0 radical (unpaired) electrons. The Kier molecular flexibility index (Phi) is 3.08. The van der Waals surface area contributed by atoms with Crippen LogP contribution in [0.4, 0.5) is 0 Å². The zero-order chi connectivity index (χ0) is 10.5. The molecule has 0 aliphatic heterocycles. The van der Waals surface area contributed by atoms with Gasteiger partial charge in [0.1, 0.15) is 5.75 Å². The minimum absolute atomic E-state index is 0.762. The fraction of sp³-hybridized carbons (Fsp3) is 0.231. The molecule has 2 rings (SSSR count). The van der Waals surface area contributed by atoms with E-state index in [0.717, 1.165) is 24.5 Å². The third-order valence-electron chi connectivity index (χ3n) is 2.21. The number of ether oxygens (including phenoxy) is 1. The molecule has 0 amide bonds. The first-order valence-corrected chi connectivity index (χ1v) is 5.27. The van der Waals surface area contributed by atoms with Gasteiger partial charge in [-0.2, -0.15) is 0 Å². The van der Waals surface area contributed by atoms with Crippen LogP contribution >= 0.6 is 0 Å². The highest BCUT2D eigenvalue weighted by Crippen LogP contribution is 2.22. The molecule has 1 aromatic carbocycles. The number of benzene rings is 1. The molecule has 2 aromatic rings. The molecule has 0 atom stereocenters. The Hall–Kier alpha value is -1.70. The zero-order valence-electron chi connectivity index (χ0n) is 8.89. The van der Waals surface area contributed by atoms with Crippen molar-refractivity contribution in [1.82, 2.24) is 4.57 Å². The summed E-state index contributed by atoms with van der Waals surface area (Å²) in [7, 11) is 0. The van der Waals surface area contributed by atoms with Crippen LogP contribution in [0.3, 0.4) is 0 Å². The van der Waals surface area contributed by atoms with Crippen LogP contribution in [0.5, 0.6) is 5.75 Å². The highest BCUT2D eigenvalue weighted by atomic mass is 16.5. The van der Waals surface area contributed by atoms with Gasteiger partial charge in [0.25, 0.3) is 0 Å². The van der Waals surface area contributed by atoms with Gasteiger partial charge < -0.3 is 9.30 Å². The number of hydrogen-bond acceptors (Lipinski definition) is 1. The average molecular weight is 201 g/mol. The van der Waals surface area contributed by atoms with Crippen LogP contribution in [-0.2, 0) is 0 Å². The first kappa shape index (κ1) is 9.84. The van der Waals surface area contributed by atoms with Crippen molar-refractivity contribution in [3.05, 3.63) is 48.8 Å². The molecule has 0 saturated heterocycles. The van der Waals surface area contributed by atoms with Crippen molar-refractivity contribution < 1.29 is 4.74 Å².